The molecule has 0 atom stereocenters. The third kappa shape index (κ3) is 3.84. The van der Waals surface area contributed by atoms with E-state index in [4.69, 9.17) is 14.2 Å². The van der Waals surface area contributed by atoms with Crippen LogP contribution < -0.4 is 14.2 Å². The van der Waals surface area contributed by atoms with Gasteiger partial charge in [-0.1, -0.05) is 19.3 Å². The number of methoxy groups -OCH3 is 2. The van der Waals surface area contributed by atoms with Crippen molar-refractivity contribution >= 4 is 27.4 Å². The molecule has 1 aromatic carbocycles. The van der Waals surface area contributed by atoms with Crippen LogP contribution in [0.1, 0.15) is 54.6 Å². The molecule has 1 saturated carbocycles. The average Bonchev–Trinajstić information content (AvgIpc) is 2.93. The van der Waals surface area contributed by atoms with Crippen LogP contribution in [0.4, 0.5) is 0 Å². The summed E-state index contributed by atoms with van der Waals surface area (Å²) in [7, 11) is 3.14. The predicted molar refractivity (Wildman–Crippen MR) is 98.6 cm³/mol. The third-order valence-electron chi connectivity index (χ3n) is 4.68. The Morgan fingerprint density at radius 1 is 1.04 bits per heavy atom. The van der Waals surface area contributed by atoms with Crippen LogP contribution in [0.15, 0.2) is 12.1 Å². The van der Waals surface area contributed by atoms with Gasteiger partial charge >= 0.3 is 5.97 Å². The van der Waals surface area contributed by atoms with E-state index in [1.165, 1.54) is 30.6 Å². The number of rotatable bonds is 5. The maximum atomic E-state index is 11.7. The Bertz CT molecular complexity index is 744. The van der Waals surface area contributed by atoms with Gasteiger partial charge in [-0.2, -0.15) is 0 Å². The number of benzene rings is 1. The molecular formula is C19H24O5S. The average molecular weight is 364 g/mol. The Labute approximate surface area is 151 Å². The van der Waals surface area contributed by atoms with Crippen LogP contribution in [-0.2, 0) is 0 Å². The molecule has 1 aromatic heterocycles. The number of hydrogen-bond acceptors (Lipinski definition) is 5. The number of aromatic carboxylic acids is 1. The van der Waals surface area contributed by atoms with Crippen molar-refractivity contribution in [3.63, 3.8) is 0 Å². The van der Waals surface area contributed by atoms with Crippen molar-refractivity contribution in [2.24, 2.45) is 0 Å². The first-order valence-corrected chi connectivity index (χ1v) is 9.54. The zero-order valence-electron chi connectivity index (χ0n) is 14.7. The fourth-order valence-corrected chi connectivity index (χ4v) is 4.35. The maximum absolute atomic E-state index is 11.7. The van der Waals surface area contributed by atoms with Crippen LogP contribution in [0.5, 0.6) is 17.2 Å². The summed E-state index contributed by atoms with van der Waals surface area (Å²) >= 11 is 1.22. The van der Waals surface area contributed by atoms with E-state index >= 15 is 0 Å². The Morgan fingerprint density at radius 3 is 2.24 bits per heavy atom. The lowest BCUT2D eigenvalue weighted by atomic mass is 9.98. The highest BCUT2D eigenvalue weighted by Gasteiger charge is 2.24. The highest BCUT2D eigenvalue weighted by molar-refractivity contribution is 7.21. The van der Waals surface area contributed by atoms with Gasteiger partial charge in [-0.3, -0.25) is 0 Å². The molecule has 0 spiro atoms. The number of ether oxygens (including phenoxy) is 3. The van der Waals surface area contributed by atoms with Gasteiger partial charge in [0.15, 0.2) is 22.1 Å². The van der Waals surface area contributed by atoms with Crippen molar-refractivity contribution in [1.82, 2.24) is 0 Å². The Kier molecular flexibility index (Phi) is 5.68. The molecule has 2 aromatic rings. The minimum absolute atomic E-state index is 0.0734. The molecule has 25 heavy (non-hydrogen) atoms. The summed E-state index contributed by atoms with van der Waals surface area (Å²) in [5, 5.41) is 10.4. The van der Waals surface area contributed by atoms with Crippen molar-refractivity contribution in [2.45, 2.75) is 51.0 Å². The van der Waals surface area contributed by atoms with E-state index in [9.17, 15) is 9.90 Å². The van der Waals surface area contributed by atoms with Crippen molar-refractivity contribution in [1.29, 1.82) is 0 Å². The molecule has 136 valence electrons. The molecule has 0 amide bonds. The van der Waals surface area contributed by atoms with E-state index < -0.39 is 5.97 Å². The topological polar surface area (TPSA) is 65.0 Å². The zero-order valence-corrected chi connectivity index (χ0v) is 15.5. The summed E-state index contributed by atoms with van der Waals surface area (Å²) in [5.41, 5.74) is 0. The molecule has 1 aliphatic carbocycles. The lowest BCUT2D eigenvalue weighted by Crippen LogP contribution is -2.18. The van der Waals surface area contributed by atoms with Gasteiger partial charge in [0.05, 0.1) is 20.3 Å². The van der Waals surface area contributed by atoms with E-state index in [1.807, 2.05) is 12.1 Å². The quantitative estimate of drug-likeness (QED) is 0.799. The lowest BCUT2D eigenvalue weighted by molar-refractivity contribution is 0.0694. The number of thiophene rings is 1. The summed E-state index contributed by atoms with van der Waals surface area (Å²) in [6.45, 7) is 0. The molecule has 1 heterocycles. The minimum Gasteiger partial charge on any atom is -0.493 e. The highest BCUT2D eigenvalue weighted by atomic mass is 32.1. The molecule has 0 bridgehead atoms. The second-order valence-electron chi connectivity index (χ2n) is 6.35. The van der Waals surface area contributed by atoms with Gasteiger partial charge in [-0.05, 0) is 31.7 Å². The highest BCUT2D eigenvalue weighted by Crippen LogP contribution is 2.44. The molecule has 0 aliphatic heterocycles. The van der Waals surface area contributed by atoms with Crippen LogP contribution in [0, 0.1) is 0 Å². The van der Waals surface area contributed by atoms with Gasteiger partial charge in [0.25, 0.3) is 0 Å². The molecule has 0 radical (unpaired) electrons. The fraction of sp³-hybridized carbons (Fsp3) is 0.526. The monoisotopic (exact) mass is 364 g/mol. The molecule has 0 saturated heterocycles. The van der Waals surface area contributed by atoms with Crippen molar-refractivity contribution < 1.29 is 24.1 Å². The first kappa shape index (κ1) is 17.9. The Balaban J connectivity index is 2.01. The second kappa shape index (κ2) is 7.95. The van der Waals surface area contributed by atoms with Gasteiger partial charge in [-0.25, -0.2) is 4.79 Å². The molecule has 1 N–H and O–H groups in total. The van der Waals surface area contributed by atoms with Crippen LogP contribution >= 0.6 is 11.3 Å². The van der Waals surface area contributed by atoms with E-state index in [2.05, 4.69) is 0 Å². The first-order valence-electron chi connectivity index (χ1n) is 8.72. The fourth-order valence-electron chi connectivity index (χ4n) is 3.36. The van der Waals surface area contributed by atoms with Crippen molar-refractivity contribution in [3.05, 3.63) is 17.0 Å². The summed E-state index contributed by atoms with van der Waals surface area (Å²) in [4.78, 5) is 12.0. The Hall–Kier alpha value is -1.95. The maximum Gasteiger partial charge on any atom is 0.349 e. The van der Waals surface area contributed by atoms with Crippen molar-refractivity contribution in [2.75, 3.05) is 14.2 Å². The molecule has 1 aliphatic rings. The number of carboxylic acids is 1. The van der Waals surface area contributed by atoms with E-state index in [1.54, 1.807) is 14.2 Å². The van der Waals surface area contributed by atoms with Crippen molar-refractivity contribution in [3.8, 4) is 17.2 Å². The number of hydrogen-bond donors (Lipinski definition) is 1. The normalized spacial score (nSPS) is 16.2. The SMILES string of the molecule is COc1cc2sc(C(=O)O)c(OC3CCCCCCC3)c2cc1OC. The third-order valence-corrected chi connectivity index (χ3v) is 5.80. The smallest absolute Gasteiger partial charge is 0.349 e. The molecule has 5 nitrogen and oxygen atoms in total. The zero-order chi connectivity index (χ0) is 17.8. The van der Waals surface area contributed by atoms with Gasteiger partial charge in [0, 0.05) is 16.2 Å². The largest absolute Gasteiger partial charge is 0.493 e. The summed E-state index contributed by atoms with van der Waals surface area (Å²) in [5.74, 6) is 0.678. The first-order chi connectivity index (χ1) is 12.1. The predicted octanol–water partition coefficient (Wildman–Crippen LogP) is 5.11. The summed E-state index contributed by atoms with van der Waals surface area (Å²) in [6.07, 6.45) is 8.02. The molecule has 1 fully saturated rings. The van der Waals surface area contributed by atoms with Gasteiger partial charge < -0.3 is 19.3 Å². The minimum atomic E-state index is -0.958. The van der Waals surface area contributed by atoms with E-state index in [0.717, 1.165) is 35.8 Å². The molecule has 3 rings (SSSR count). The Morgan fingerprint density at radius 2 is 1.64 bits per heavy atom. The van der Waals surface area contributed by atoms with Gasteiger partial charge in [0.1, 0.15) is 0 Å². The van der Waals surface area contributed by atoms with Crippen LogP contribution in [0.3, 0.4) is 0 Å². The van der Waals surface area contributed by atoms with E-state index in [-0.39, 0.29) is 11.0 Å². The summed E-state index contributed by atoms with van der Waals surface area (Å²) in [6, 6.07) is 3.63. The van der Waals surface area contributed by atoms with Crippen LogP contribution in [0.2, 0.25) is 0 Å². The second-order valence-corrected chi connectivity index (χ2v) is 7.41. The summed E-state index contributed by atoms with van der Waals surface area (Å²) < 4.78 is 17.8. The number of carboxylic acid groups (broad SMARTS) is 1. The molecular weight excluding hydrogens is 340 g/mol. The molecule has 6 heteroatoms. The van der Waals surface area contributed by atoms with Crippen LogP contribution in [0.25, 0.3) is 10.1 Å². The van der Waals surface area contributed by atoms with E-state index in [0.29, 0.717) is 17.2 Å². The van der Waals surface area contributed by atoms with Crippen LogP contribution in [-0.4, -0.2) is 31.4 Å². The number of fused-ring (bicyclic) bond motifs is 1. The molecule has 0 unspecified atom stereocenters. The lowest BCUT2D eigenvalue weighted by Gasteiger charge is -2.21. The standard InChI is InChI=1S/C19H24O5S/c1-22-14-10-13-16(11-15(14)23-2)25-18(19(20)21)17(13)24-12-8-6-4-3-5-7-9-12/h10-12H,3-9H2,1-2H3,(H,20,21). The van der Waals surface area contributed by atoms with Gasteiger partial charge in [-0.15, -0.1) is 11.3 Å². The van der Waals surface area contributed by atoms with Gasteiger partial charge in [0.2, 0.25) is 0 Å². The number of carbonyl (C=O) groups is 1.